The first-order chi connectivity index (χ1) is 11.7. The van der Waals surface area contributed by atoms with Gasteiger partial charge < -0.3 is 10.2 Å². The summed E-state index contributed by atoms with van der Waals surface area (Å²) in [5.41, 5.74) is 1.01. The fourth-order valence-corrected chi connectivity index (χ4v) is 5.08. The largest absolute Gasteiger partial charge is 0.346 e. The van der Waals surface area contributed by atoms with Gasteiger partial charge in [-0.25, -0.2) is 4.98 Å². The molecule has 3 aromatic rings. The zero-order valence-corrected chi connectivity index (χ0v) is 15.4. The third kappa shape index (κ3) is 3.11. The number of aromatic nitrogens is 3. The number of carbonyl (C=O) groups excluding carboxylic acids is 1. The molecule has 1 saturated heterocycles. The Bertz CT molecular complexity index is 838. The minimum absolute atomic E-state index is 0.0107. The summed E-state index contributed by atoms with van der Waals surface area (Å²) in [6, 6.07) is 8.09. The summed E-state index contributed by atoms with van der Waals surface area (Å²) in [7, 11) is 0. The van der Waals surface area contributed by atoms with Crippen LogP contribution in [0.15, 0.2) is 28.6 Å². The summed E-state index contributed by atoms with van der Waals surface area (Å²) in [5, 5.41) is 12.5. The van der Waals surface area contributed by atoms with Crippen molar-refractivity contribution in [2.45, 2.75) is 11.3 Å². The molecule has 6 nitrogen and oxygen atoms in total. The molecule has 0 unspecified atom stereocenters. The van der Waals surface area contributed by atoms with Crippen LogP contribution < -0.4 is 10.2 Å². The SMILES string of the molecule is CCSc1nnc(NC(=O)C2CN(c3nc4ccccc4s3)C2)s1. The first-order valence-corrected chi connectivity index (χ1v) is 10.2. The number of thiazole rings is 1. The molecule has 1 fully saturated rings. The summed E-state index contributed by atoms with van der Waals surface area (Å²) in [4.78, 5) is 19.1. The Labute approximate surface area is 151 Å². The van der Waals surface area contributed by atoms with Crippen LogP contribution in [0.1, 0.15) is 6.92 Å². The Balaban J connectivity index is 1.35. The van der Waals surface area contributed by atoms with Crippen LogP contribution in [-0.4, -0.2) is 39.9 Å². The van der Waals surface area contributed by atoms with Crippen LogP contribution in [0.4, 0.5) is 10.3 Å². The van der Waals surface area contributed by atoms with E-state index in [0.29, 0.717) is 18.2 Å². The summed E-state index contributed by atoms with van der Waals surface area (Å²) in [5.74, 6) is 0.933. The highest BCUT2D eigenvalue weighted by Gasteiger charge is 2.34. The van der Waals surface area contributed by atoms with Gasteiger partial charge in [0.15, 0.2) is 9.47 Å². The van der Waals surface area contributed by atoms with E-state index in [1.54, 1.807) is 23.1 Å². The van der Waals surface area contributed by atoms with Crippen LogP contribution in [0, 0.1) is 5.92 Å². The van der Waals surface area contributed by atoms with Crippen molar-refractivity contribution in [1.29, 1.82) is 0 Å². The van der Waals surface area contributed by atoms with E-state index >= 15 is 0 Å². The van der Waals surface area contributed by atoms with E-state index in [0.717, 1.165) is 20.7 Å². The standard InChI is InChI=1S/C15H15N5OS3/c1-2-22-15-19-18-13(24-15)17-12(21)9-7-20(8-9)14-16-10-5-3-4-6-11(10)23-14/h3-6,9H,2,7-8H2,1H3,(H,17,18,21). The number of nitrogens with zero attached hydrogens (tertiary/aromatic N) is 4. The van der Waals surface area contributed by atoms with Gasteiger partial charge in [-0.2, -0.15) is 0 Å². The molecule has 0 bridgehead atoms. The minimum Gasteiger partial charge on any atom is -0.346 e. The lowest BCUT2D eigenvalue weighted by Crippen LogP contribution is -2.52. The molecule has 3 heterocycles. The quantitative estimate of drug-likeness (QED) is 0.543. The highest BCUT2D eigenvalue weighted by Crippen LogP contribution is 2.33. The maximum Gasteiger partial charge on any atom is 0.232 e. The highest BCUT2D eigenvalue weighted by atomic mass is 32.2. The molecule has 1 amide bonds. The Morgan fingerprint density at radius 3 is 2.96 bits per heavy atom. The molecule has 0 aliphatic carbocycles. The molecule has 4 rings (SSSR count). The van der Waals surface area contributed by atoms with Crippen molar-refractivity contribution in [2.75, 3.05) is 29.1 Å². The molecular weight excluding hydrogens is 362 g/mol. The zero-order chi connectivity index (χ0) is 16.5. The summed E-state index contributed by atoms with van der Waals surface area (Å²) in [6.07, 6.45) is 0. The smallest absolute Gasteiger partial charge is 0.232 e. The molecule has 0 atom stereocenters. The second kappa shape index (κ2) is 6.66. The Morgan fingerprint density at radius 2 is 2.17 bits per heavy atom. The average molecular weight is 378 g/mol. The van der Waals surface area contributed by atoms with E-state index in [2.05, 4.69) is 38.4 Å². The van der Waals surface area contributed by atoms with Crippen molar-refractivity contribution in [3.8, 4) is 0 Å². The Morgan fingerprint density at radius 1 is 1.33 bits per heavy atom. The fraction of sp³-hybridized carbons (Fsp3) is 0.333. The summed E-state index contributed by atoms with van der Waals surface area (Å²) in [6.45, 7) is 3.46. The van der Waals surface area contributed by atoms with Crippen molar-refractivity contribution in [1.82, 2.24) is 15.2 Å². The predicted octanol–water partition coefficient (Wildman–Crippen LogP) is 3.33. The molecule has 9 heteroatoms. The van der Waals surface area contributed by atoms with E-state index in [9.17, 15) is 4.79 Å². The van der Waals surface area contributed by atoms with Gasteiger partial charge in [-0.3, -0.25) is 4.79 Å². The molecule has 1 N–H and O–H groups in total. The Kier molecular flexibility index (Phi) is 4.38. The second-order valence-corrected chi connectivity index (χ2v) is 8.86. The van der Waals surface area contributed by atoms with Crippen LogP contribution >= 0.6 is 34.4 Å². The van der Waals surface area contributed by atoms with Gasteiger partial charge in [0.1, 0.15) is 0 Å². The second-order valence-electron chi connectivity index (χ2n) is 5.36. The normalized spacial score (nSPS) is 14.8. The maximum absolute atomic E-state index is 12.3. The average Bonchev–Trinajstić information content (AvgIpc) is 3.12. The predicted molar refractivity (Wildman–Crippen MR) is 100 cm³/mol. The van der Waals surface area contributed by atoms with Gasteiger partial charge in [0.05, 0.1) is 16.1 Å². The summed E-state index contributed by atoms with van der Waals surface area (Å²) >= 11 is 4.72. The lowest BCUT2D eigenvalue weighted by Gasteiger charge is -2.37. The molecule has 0 radical (unpaired) electrons. The van der Waals surface area contributed by atoms with E-state index in [1.807, 2.05) is 18.2 Å². The number of hydrogen-bond donors (Lipinski definition) is 1. The third-order valence-electron chi connectivity index (χ3n) is 3.71. The van der Waals surface area contributed by atoms with Crippen molar-refractivity contribution in [3.63, 3.8) is 0 Å². The van der Waals surface area contributed by atoms with Crippen LogP contribution in [0.3, 0.4) is 0 Å². The van der Waals surface area contributed by atoms with Gasteiger partial charge in [0, 0.05) is 13.1 Å². The number of carbonyl (C=O) groups is 1. The third-order valence-corrected chi connectivity index (χ3v) is 6.66. The lowest BCUT2D eigenvalue weighted by molar-refractivity contribution is -0.120. The summed E-state index contributed by atoms with van der Waals surface area (Å²) < 4.78 is 2.06. The van der Waals surface area contributed by atoms with Crippen LogP contribution in [0.5, 0.6) is 0 Å². The molecule has 0 saturated carbocycles. The molecular formula is C15H15N5OS3. The molecule has 1 aromatic carbocycles. The van der Waals surface area contributed by atoms with Gasteiger partial charge in [0.25, 0.3) is 0 Å². The first kappa shape index (κ1) is 15.8. The topological polar surface area (TPSA) is 71.0 Å². The van der Waals surface area contributed by atoms with E-state index in [4.69, 9.17) is 0 Å². The van der Waals surface area contributed by atoms with Gasteiger partial charge in [0.2, 0.25) is 11.0 Å². The number of amides is 1. The number of anilines is 2. The monoisotopic (exact) mass is 377 g/mol. The molecule has 24 heavy (non-hydrogen) atoms. The zero-order valence-electron chi connectivity index (χ0n) is 12.9. The number of fused-ring (bicyclic) bond motifs is 1. The van der Waals surface area contributed by atoms with Crippen LogP contribution in [0.2, 0.25) is 0 Å². The maximum atomic E-state index is 12.3. The van der Waals surface area contributed by atoms with Crippen LogP contribution in [-0.2, 0) is 4.79 Å². The van der Waals surface area contributed by atoms with Crippen molar-refractivity contribution in [3.05, 3.63) is 24.3 Å². The van der Waals surface area contributed by atoms with Crippen molar-refractivity contribution >= 4 is 60.8 Å². The van der Waals surface area contributed by atoms with Gasteiger partial charge in [-0.1, -0.05) is 53.5 Å². The number of benzene rings is 1. The number of rotatable bonds is 5. The molecule has 1 aliphatic heterocycles. The molecule has 2 aromatic heterocycles. The van der Waals surface area contributed by atoms with Crippen molar-refractivity contribution in [2.24, 2.45) is 5.92 Å². The van der Waals surface area contributed by atoms with E-state index < -0.39 is 0 Å². The highest BCUT2D eigenvalue weighted by molar-refractivity contribution is 8.01. The number of thioether (sulfide) groups is 1. The van der Waals surface area contributed by atoms with Gasteiger partial charge >= 0.3 is 0 Å². The molecule has 0 spiro atoms. The number of hydrogen-bond acceptors (Lipinski definition) is 8. The Hall–Kier alpha value is -1.71. The van der Waals surface area contributed by atoms with Gasteiger partial charge in [-0.05, 0) is 17.9 Å². The van der Waals surface area contributed by atoms with Crippen LogP contribution in [0.25, 0.3) is 10.2 Å². The number of nitrogens with one attached hydrogen (secondary N) is 1. The van der Waals surface area contributed by atoms with Gasteiger partial charge in [-0.15, -0.1) is 10.2 Å². The number of para-hydroxylation sites is 1. The molecule has 124 valence electrons. The molecule has 1 aliphatic rings. The van der Waals surface area contributed by atoms with Crippen molar-refractivity contribution < 1.29 is 4.79 Å². The fourth-order valence-electron chi connectivity index (χ4n) is 2.45. The minimum atomic E-state index is -0.0248. The lowest BCUT2D eigenvalue weighted by atomic mass is 10.0. The first-order valence-electron chi connectivity index (χ1n) is 7.60. The van der Waals surface area contributed by atoms with E-state index in [1.165, 1.54) is 16.0 Å². The van der Waals surface area contributed by atoms with E-state index in [-0.39, 0.29) is 11.8 Å².